The van der Waals surface area contributed by atoms with Crippen LogP contribution in [0.5, 0.6) is 5.75 Å². The van der Waals surface area contributed by atoms with E-state index >= 15 is 0 Å². The number of imidazole rings is 1. The van der Waals surface area contributed by atoms with E-state index in [1.807, 2.05) is 29.8 Å². The lowest BCUT2D eigenvalue weighted by atomic mass is 9.99. The fourth-order valence-corrected chi connectivity index (χ4v) is 4.45. The highest BCUT2D eigenvalue weighted by molar-refractivity contribution is 6.02. The summed E-state index contributed by atoms with van der Waals surface area (Å²) >= 11 is 0. The van der Waals surface area contributed by atoms with E-state index in [0.29, 0.717) is 0 Å². The molecule has 1 fully saturated rings. The minimum absolute atomic E-state index is 0. The Bertz CT molecular complexity index is 1200. The van der Waals surface area contributed by atoms with Crippen LogP contribution in [-0.4, -0.2) is 40.5 Å². The van der Waals surface area contributed by atoms with Gasteiger partial charge in [0, 0.05) is 25.7 Å². The molecule has 7 heteroatoms. The molecule has 0 unspecified atom stereocenters. The number of rotatable bonds is 4. The molecule has 0 radical (unpaired) electrons. The molecule has 5 rings (SSSR count). The zero-order chi connectivity index (χ0) is 22.8. The van der Waals surface area contributed by atoms with Crippen molar-refractivity contribution in [1.82, 2.24) is 14.5 Å². The first-order valence-electron chi connectivity index (χ1n) is 11.2. The van der Waals surface area contributed by atoms with Gasteiger partial charge in [0.1, 0.15) is 11.6 Å². The third-order valence-corrected chi connectivity index (χ3v) is 6.16. The van der Waals surface area contributed by atoms with Gasteiger partial charge in [-0.3, -0.25) is 0 Å². The first-order chi connectivity index (χ1) is 16.1. The highest BCUT2D eigenvalue weighted by Crippen LogP contribution is 2.31. The van der Waals surface area contributed by atoms with Gasteiger partial charge in [0.2, 0.25) is 0 Å². The minimum atomic E-state index is -0.244. The molecule has 2 aliphatic rings. The van der Waals surface area contributed by atoms with Crippen LogP contribution < -0.4 is 4.74 Å². The van der Waals surface area contributed by atoms with Crippen molar-refractivity contribution >= 4 is 11.9 Å². The van der Waals surface area contributed by atoms with Crippen LogP contribution in [0.4, 0.5) is 4.39 Å². The summed E-state index contributed by atoms with van der Waals surface area (Å²) in [5.41, 5.74) is 5.04. The highest BCUT2D eigenvalue weighted by Gasteiger charge is 2.27. The second-order valence-electron chi connectivity index (χ2n) is 8.46. The van der Waals surface area contributed by atoms with Crippen LogP contribution in [0.2, 0.25) is 0 Å². The van der Waals surface area contributed by atoms with Crippen LogP contribution >= 0.6 is 0 Å². The molecule has 3 heterocycles. The Labute approximate surface area is 200 Å². The van der Waals surface area contributed by atoms with Crippen molar-refractivity contribution in [2.75, 3.05) is 20.2 Å². The summed E-state index contributed by atoms with van der Waals surface area (Å²) in [5.74, 6) is 1.43. The van der Waals surface area contributed by atoms with Gasteiger partial charge in [0.15, 0.2) is 11.9 Å². The standard InChI is InChI=1S/C26H27FN4O2.CH4/c1-18-16-31(17-28-18)23-10-5-19(15-25(23)32-2)14-21-4-3-12-30-13-11-24(33-29-26(21)30)20-6-8-22(27)9-7-20;/h5-10,14-17,24H,3-4,11-13H2,1-2H3;1H4/b21-14+;/t24-;/m0./s1. The van der Waals surface area contributed by atoms with Gasteiger partial charge < -0.3 is 19.0 Å². The Morgan fingerprint density at radius 2 is 1.97 bits per heavy atom. The molecule has 0 spiro atoms. The molecule has 0 N–H and O–H groups in total. The van der Waals surface area contributed by atoms with E-state index in [2.05, 4.69) is 27.2 Å². The number of methoxy groups -OCH3 is 1. The molecular weight excluding hydrogens is 431 g/mol. The predicted octanol–water partition coefficient (Wildman–Crippen LogP) is 5.92. The molecule has 0 amide bonds. The molecule has 3 aromatic rings. The topological polar surface area (TPSA) is 51.9 Å². The molecule has 34 heavy (non-hydrogen) atoms. The van der Waals surface area contributed by atoms with E-state index in [1.165, 1.54) is 12.1 Å². The average Bonchev–Trinajstić information content (AvgIpc) is 3.14. The van der Waals surface area contributed by atoms with Crippen molar-refractivity contribution < 1.29 is 14.0 Å². The van der Waals surface area contributed by atoms with Crippen molar-refractivity contribution in [1.29, 1.82) is 0 Å². The summed E-state index contributed by atoms with van der Waals surface area (Å²) in [6.45, 7) is 3.77. The number of hydrogen-bond donors (Lipinski definition) is 0. The number of halogens is 1. The molecule has 2 aromatic carbocycles. The molecule has 0 aliphatic carbocycles. The van der Waals surface area contributed by atoms with Crippen molar-refractivity contribution in [2.45, 2.75) is 39.7 Å². The Morgan fingerprint density at radius 1 is 1.15 bits per heavy atom. The van der Waals surface area contributed by atoms with Gasteiger partial charge in [0.05, 0.1) is 24.8 Å². The van der Waals surface area contributed by atoms with E-state index in [1.54, 1.807) is 25.6 Å². The summed E-state index contributed by atoms with van der Waals surface area (Å²) in [6, 6.07) is 12.7. The first-order valence-corrected chi connectivity index (χ1v) is 11.2. The van der Waals surface area contributed by atoms with Crippen LogP contribution in [0, 0.1) is 12.7 Å². The SMILES string of the molecule is C.COc1cc(/C=C2\CCCN3CC[C@@H](c4ccc(F)cc4)ON=C23)ccc1-n1cnc(C)c1. The van der Waals surface area contributed by atoms with Crippen LogP contribution in [0.1, 0.15) is 49.6 Å². The van der Waals surface area contributed by atoms with Crippen molar-refractivity contribution in [2.24, 2.45) is 5.16 Å². The summed E-state index contributed by atoms with van der Waals surface area (Å²) < 4.78 is 20.9. The van der Waals surface area contributed by atoms with E-state index in [4.69, 9.17) is 9.57 Å². The summed E-state index contributed by atoms with van der Waals surface area (Å²) in [6.07, 6.45) is 8.56. The molecule has 6 nitrogen and oxygen atoms in total. The molecule has 1 saturated heterocycles. The van der Waals surface area contributed by atoms with Gasteiger partial charge in [-0.1, -0.05) is 30.8 Å². The van der Waals surface area contributed by atoms with Gasteiger partial charge in [-0.2, -0.15) is 0 Å². The molecular formula is C27H31FN4O2. The predicted molar refractivity (Wildman–Crippen MR) is 133 cm³/mol. The van der Waals surface area contributed by atoms with Crippen molar-refractivity contribution in [3.63, 3.8) is 0 Å². The quantitative estimate of drug-likeness (QED) is 0.483. The number of hydrogen-bond acceptors (Lipinski definition) is 5. The fourth-order valence-electron chi connectivity index (χ4n) is 4.45. The lowest BCUT2D eigenvalue weighted by Crippen LogP contribution is -2.37. The van der Waals surface area contributed by atoms with Crippen LogP contribution in [0.3, 0.4) is 0 Å². The molecule has 0 saturated carbocycles. The van der Waals surface area contributed by atoms with E-state index in [0.717, 1.165) is 72.0 Å². The number of fused-ring (bicyclic) bond motifs is 1. The molecule has 1 atom stereocenters. The minimum Gasteiger partial charge on any atom is -0.495 e. The fraction of sp³-hybridized carbons (Fsp3) is 0.333. The van der Waals surface area contributed by atoms with Crippen molar-refractivity contribution in [3.8, 4) is 11.4 Å². The van der Waals surface area contributed by atoms with Gasteiger partial charge >= 0.3 is 0 Å². The maximum Gasteiger partial charge on any atom is 0.171 e. The van der Waals surface area contributed by atoms with Gasteiger partial charge in [-0.05, 0) is 66.8 Å². The molecule has 0 bridgehead atoms. The number of ether oxygens (including phenoxy) is 1. The molecule has 1 aromatic heterocycles. The number of amidine groups is 1. The third kappa shape index (κ3) is 4.83. The molecule has 178 valence electrons. The van der Waals surface area contributed by atoms with Crippen molar-refractivity contribution in [3.05, 3.63) is 83.2 Å². The number of nitrogens with zero attached hydrogens (tertiary/aromatic N) is 4. The number of aryl methyl sites for hydroxylation is 1. The smallest absolute Gasteiger partial charge is 0.171 e. The summed E-state index contributed by atoms with van der Waals surface area (Å²) in [7, 11) is 1.68. The van der Waals surface area contributed by atoms with Crippen LogP contribution in [0.15, 0.2) is 65.7 Å². The van der Waals surface area contributed by atoms with Gasteiger partial charge in [-0.15, -0.1) is 0 Å². The second-order valence-corrected chi connectivity index (χ2v) is 8.46. The Hall–Kier alpha value is -3.61. The van der Waals surface area contributed by atoms with Crippen LogP contribution in [0.25, 0.3) is 11.8 Å². The summed E-state index contributed by atoms with van der Waals surface area (Å²) in [5, 5.41) is 4.55. The monoisotopic (exact) mass is 462 g/mol. The number of aromatic nitrogens is 2. The molecule has 2 aliphatic heterocycles. The van der Waals surface area contributed by atoms with Gasteiger partial charge in [0.25, 0.3) is 0 Å². The first kappa shape index (κ1) is 23.5. The second kappa shape index (κ2) is 10.1. The largest absolute Gasteiger partial charge is 0.495 e. The zero-order valence-corrected chi connectivity index (χ0v) is 18.9. The van der Waals surface area contributed by atoms with E-state index in [-0.39, 0.29) is 19.3 Å². The van der Waals surface area contributed by atoms with Gasteiger partial charge in [-0.25, -0.2) is 9.37 Å². The lowest BCUT2D eigenvalue weighted by Gasteiger charge is -2.29. The summed E-state index contributed by atoms with van der Waals surface area (Å²) in [4.78, 5) is 12.5. The maximum absolute atomic E-state index is 13.3. The highest BCUT2D eigenvalue weighted by atomic mass is 19.1. The normalized spacial score (nSPS) is 18.9. The Balaban J connectivity index is 0.00000274. The third-order valence-electron chi connectivity index (χ3n) is 6.16. The Morgan fingerprint density at radius 3 is 2.71 bits per heavy atom. The number of oxime groups is 1. The van der Waals surface area contributed by atoms with E-state index in [9.17, 15) is 4.39 Å². The van der Waals surface area contributed by atoms with E-state index < -0.39 is 0 Å². The zero-order valence-electron chi connectivity index (χ0n) is 18.9. The maximum atomic E-state index is 13.3. The number of piperidine rings is 1. The van der Waals surface area contributed by atoms with Crippen LogP contribution in [-0.2, 0) is 4.84 Å². The average molecular weight is 463 g/mol. The lowest BCUT2D eigenvalue weighted by molar-refractivity contribution is 0.0576. The Kier molecular flexibility index (Phi) is 7.01. The number of benzene rings is 2.